The van der Waals surface area contributed by atoms with Crippen LogP contribution in [-0.4, -0.2) is 36.7 Å². The van der Waals surface area contributed by atoms with Crippen molar-refractivity contribution in [2.75, 3.05) is 19.7 Å². The number of hydrogen-bond acceptors (Lipinski definition) is 3. The molecule has 1 saturated heterocycles. The lowest BCUT2D eigenvalue weighted by molar-refractivity contribution is -0.0655. The van der Waals surface area contributed by atoms with Gasteiger partial charge in [0, 0.05) is 25.2 Å². The molecule has 0 amide bonds. The van der Waals surface area contributed by atoms with Gasteiger partial charge in [0.05, 0.1) is 12.7 Å². The highest BCUT2D eigenvalue weighted by atomic mass is 16.5. The van der Waals surface area contributed by atoms with E-state index in [1.807, 2.05) is 0 Å². The number of aryl methyl sites for hydroxylation is 3. The van der Waals surface area contributed by atoms with Crippen LogP contribution in [0.2, 0.25) is 0 Å². The van der Waals surface area contributed by atoms with Gasteiger partial charge in [0.25, 0.3) is 0 Å². The van der Waals surface area contributed by atoms with Crippen molar-refractivity contribution in [2.45, 2.75) is 52.8 Å². The minimum Gasteiger partial charge on any atom is -0.376 e. The zero-order valence-corrected chi connectivity index (χ0v) is 13.4. The van der Waals surface area contributed by atoms with Crippen LogP contribution in [0.5, 0.6) is 0 Å². The molecule has 1 aromatic carbocycles. The summed E-state index contributed by atoms with van der Waals surface area (Å²) in [6.45, 7) is 13.3. The lowest BCUT2D eigenvalue weighted by Crippen LogP contribution is -2.50. The third kappa shape index (κ3) is 3.05. The molecule has 0 radical (unpaired) electrons. The van der Waals surface area contributed by atoms with Crippen LogP contribution in [0.25, 0.3) is 0 Å². The van der Waals surface area contributed by atoms with E-state index >= 15 is 0 Å². The number of morpholine rings is 1. The van der Waals surface area contributed by atoms with E-state index < -0.39 is 0 Å². The Balaban J connectivity index is 2.37. The van der Waals surface area contributed by atoms with E-state index in [-0.39, 0.29) is 12.1 Å². The van der Waals surface area contributed by atoms with Gasteiger partial charge in [-0.25, -0.2) is 0 Å². The number of nitrogens with two attached hydrogens (primary N) is 1. The summed E-state index contributed by atoms with van der Waals surface area (Å²) in [6, 6.07) is 5.23. The quantitative estimate of drug-likeness (QED) is 0.922. The zero-order valence-electron chi connectivity index (χ0n) is 13.4. The van der Waals surface area contributed by atoms with Crippen LogP contribution in [-0.2, 0) is 4.74 Å². The molecular formula is C17H28N2O. The third-order valence-corrected chi connectivity index (χ3v) is 4.35. The summed E-state index contributed by atoms with van der Waals surface area (Å²) >= 11 is 0. The van der Waals surface area contributed by atoms with Gasteiger partial charge in [0.1, 0.15) is 0 Å². The molecule has 0 saturated carbocycles. The Labute approximate surface area is 123 Å². The standard InChI is InChI=1S/C17H28N2O/c1-11-6-12(2)17(13(3)7-11)16(8-18)19-9-15(5)20-10-14(19)4/h6-7,14-16H,8-10,18H2,1-5H3. The lowest BCUT2D eigenvalue weighted by atomic mass is 9.92. The maximum Gasteiger partial charge on any atom is 0.0675 e. The smallest absolute Gasteiger partial charge is 0.0675 e. The van der Waals surface area contributed by atoms with Gasteiger partial charge in [0.15, 0.2) is 0 Å². The molecule has 0 bridgehead atoms. The van der Waals surface area contributed by atoms with E-state index in [1.54, 1.807) is 0 Å². The number of benzene rings is 1. The summed E-state index contributed by atoms with van der Waals surface area (Å²) in [7, 11) is 0. The Kier molecular flexibility index (Phi) is 4.84. The van der Waals surface area contributed by atoms with Gasteiger partial charge in [-0.15, -0.1) is 0 Å². The van der Waals surface area contributed by atoms with Crippen molar-refractivity contribution in [3.8, 4) is 0 Å². The van der Waals surface area contributed by atoms with Crippen molar-refractivity contribution in [3.63, 3.8) is 0 Å². The van der Waals surface area contributed by atoms with Gasteiger partial charge in [-0.05, 0) is 51.3 Å². The van der Waals surface area contributed by atoms with Crippen LogP contribution in [0.4, 0.5) is 0 Å². The molecule has 1 aromatic rings. The van der Waals surface area contributed by atoms with Crippen molar-refractivity contribution >= 4 is 0 Å². The molecule has 2 N–H and O–H groups in total. The first-order chi connectivity index (χ1) is 9.43. The first-order valence-electron chi connectivity index (χ1n) is 7.59. The predicted molar refractivity (Wildman–Crippen MR) is 84.0 cm³/mol. The largest absolute Gasteiger partial charge is 0.376 e. The fourth-order valence-electron chi connectivity index (χ4n) is 3.50. The fourth-order valence-corrected chi connectivity index (χ4v) is 3.50. The van der Waals surface area contributed by atoms with Crippen LogP contribution in [0, 0.1) is 20.8 Å². The molecule has 0 aromatic heterocycles. The average Bonchev–Trinajstić information content (AvgIpc) is 2.37. The fraction of sp³-hybridized carbons (Fsp3) is 0.647. The molecule has 1 heterocycles. The molecule has 0 aliphatic carbocycles. The lowest BCUT2D eigenvalue weighted by Gasteiger charge is -2.42. The molecule has 3 unspecified atom stereocenters. The number of rotatable bonds is 3. The Bertz CT molecular complexity index is 449. The summed E-state index contributed by atoms with van der Waals surface area (Å²) in [5.74, 6) is 0. The van der Waals surface area contributed by atoms with Gasteiger partial charge in [-0.3, -0.25) is 4.90 Å². The van der Waals surface area contributed by atoms with E-state index in [1.165, 1.54) is 22.3 Å². The van der Waals surface area contributed by atoms with Crippen molar-refractivity contribution < 1.29 is 4.74 Å². The molecule has 112 valence electrons. The van der Waals surface area contributed by atoms with E-state index in [2.05, 4.69) is 51.7 Å². The second-order valence-corrected chi connectivity index (χ2v) is 6.25. The highest BCUT2D eigenvalue weighted by Crippen LogP contribution is 2.30. The third-order valence-electron chi connectivity index (χ3n) is 4.35. The van der Waals surface area contributed by atoms with Gasteiger partial charge in [0.2, 0.25) is 0 Å². The Morgan fingerprint density at radius 1 is 1.25 bits per heavy atom. The Morgan fingerprint density at radius 2 is 1.85 bits per heavy atom. The summed E-state index contributed by atoms with van der Waals surface area (Å²) < 4.78 is 5.75. The maximum atomic E-state index is 6.14. The first kappa shape index (κ1) is 15.5. The number of hydrogen-bond donors (Lipinski definition) is 1. The molecule has 20 heavy (non-hydrogen) atoms. The SMILES string of the molecule is Cc1cc(C)c(C(CN)N2CC(C)OCC2C)c(C)c1. The molecular weight excluding hydrogens is 248 g/mol. The predicted octanol–water partition coefficient (Wildman–Crippen LogP) is 2.72. The molecule has 3 nitrogen and oxygen atoms in total. The van der Waals surface area contributed by atoms with Crippen molar-refractivity contribution in [3.05, 3.63) is 34.4 Å². The monoisotopic (exact) mass is 276 g/mol. The van der Waals surface area contributed by atoms with E-state index in [0.29, 0.717) is 12.6 Å². The summed E-state index contributed by atoms with van der Waals surface area (Å²) in [5, 5.41) is 0. The van der Waals surface area contributed by atoms with E-state index in [9.17, 15) is 0 Å². The van der Waals surface area contributed by atoms with Crippen LogP contribution in [0.15, 0.2) is 12.1 Å². The average molecular weight is 276 g/mol. The second-order valence-electron chi connectivity index (χ2n) is 6.25. The van der Waals surface area contributed by atoms with Crippen molar-refractivity contribution in [2.24, 2.45) is 5.73 Å². The normalized spacial score (nSPS) is 25.7. The van der Waals surface area contributed by atoms with Crippen molar-refractivity contribution in [1.29, 1.82) is 0 Å². The minimum absolute atomic E-state index is 0.284. The Hall–Kier alpha value is -0.900. The first-order valence-corrected chi connectivity index (χ1v) is 7.59. The zero-order chi connectivity index (χ0) is 14.9. The van der Waals surface area contributed by atoms with Crippen LogP contribution in [0.3, 0.4) is 0 Å². The van der Waals surface area contributed by atoms with Gasteiger partial charge < -0.3 is 10.5 Å². The highest BCUT2D eigenvalue weighted by Gasteiger charge is 2.31. The van der Waals surface area contributed by atoms with Gasteiger partial charge in [-0.1, -0.05) is 17.7 Å². The van der Waals surface area contributed by atoms with Crippen LogP contribution in [0.1, 0.15) is 42.1 Å². The van der Waals surface area contributed by atoms with Gasteiger partial charge in [-0.2, -0.15) is 0 Å². The number of nitrogens with zero attached hydrogens (tertiary/aromatic N) is 1. The van der Waals surface area contributed by atoms with Crippen LogP contribution < -0.4 is 5.73 Å². The summed E-state index contributed by atoms with van der Waals surface area (Å²) in [6.07, 6.45) is 0.284. The van der Waals surface area contributed by atoms with Gasteiger partial charge >= 0.3 is 0 Å². The number of ether oxygens (including phenoxy) is 1. The molecule has 3 heteroatoms. The van der Waals surface area contributed by atoms with E-state index in [0.717, 1.165) is 13.2 Å². The topological polar surface area (TPSA) is 38.5 Å². The summed E-state index contributed by atoms with van der Waals surface area (Å²) in [4.78, 5) is 2.51. The Morgan fingerprint density at radius 3 is 2.40 bits per heavy atom. The molecule has 2 rings (SSSR count). The van der Waals surface area contributed by atoms with E-state index in [4.69, 9.17) is 10.5 Å². The maximum absolute atomic E-state index is 6.14. The highest BCUT2D eigenvalue weighted by molar-refractivity contribution is 5.40. The van der Waals surface area contributed by atoms with Crippen LogP contribution >= 0.6 is 0 Å². The molecule has 1 aliphatic heterocycles. The molecule has 0 spiro atoms. The van der Waals surface area contributed by atoms with Crippen molar-refractivity contribution in [1.82, 2.24) is 4.90 Å². The molecule has 1 fully saturated rings. The second kappa shape index (κ2) is 6.25. The molecule has 1 aliphatic rings. The minimum atomic E-state index is 0.284. The summed E-state index contributed by atoms with van der Waals surface area (Å²) in [5.41, 5.74) is 11.6. The molecule has 3 atom stereocenters.